The Bertz CT molecular complexity index is 1070. The number of fused-ring (bicyclic) bond motifs is 1. The molecule has 1 N–H and O–H groups in total. The molecule has 0 spiro atoms. The van der Waals surface area contributed by atoms with E-state index in [2.05, 4.69) is 9.97 Å². The van der Waals surface area contributed by atoms with Gasteiger partial charge in [-0.15, -0.1) is 0 Å². The smallest absolute Gasteiger partial charge is 0.387 e. The number of hydrogen-bond acceptors (Lipinski definition) is 5. The largest absolute Gasteiger partial charge is 0.408 e. The van der Waals surface area contributed by atoms with Crippen molar-refractivity contribution in [1.82, 2.24) is 14.5 Å². The third kappa shape index (κ3) is 3.93. The molecular formula is C21H19F3N4O2. The second-order valence-electron chi connectivity index (χ2n) is 7.09. The summed E-state index contributed by atoms with van der Waals surface area (Å²) in [5.74, 6) is -0.0992. The summed E-state index contributed by atoms with van der Waals surface area (Å²) in [5, 5.41) is 10.6. The van der Waals surface area contributed by atoms with E-state index >= 15 is 0 Å². The van der Waals surface area contributed by atoms with Gasteiger partial charge in [0.1, 0.15) is 6.04 Å². The van der Waals surface area contributed by atoms with Crippen molar-refractivity contribution >= 4 is 5.95 Å². The zero-order valence-corrected chi connectivity index (χ0v) is 15.8. The van der Waals surface area contributed by atoms with E-state index in [4.69, 9.17) is 0 Å². The van der Waals surface area contributed by atoms with Gasteiger partial charge < -0.3 is 10.0 Å². The molecule has 9 heteroatoms. The lowest BCUT2D eigenvalue weighted by Crippen LogP contribution is -2.53. The zero-order chi connectivity index (χ0) is 21.3. The molecule has 4 rings (SSSR count). The van der Waals surface area contributed by atoms with E-state index in [9.17, 15) is 23.1 Å². The lowest BCUT2D eigenvalue weighted by Gasteiger charge is -2.40. The molecule has 0 fully saturated rings. The number of rotatable bonds is 4. The van der Waals surface area contributed by atoms with Gasteiger partial charge in [0.15, 0.2) is 0 Å². The van der Waals surface area contributed by atoms with Crippen molar-refractivity contribution in [3.63, 3.8) is 0 Å². The van der Waals surface area contributed by atoms with E-state index in [0.29, 0.717) is 11.1 Å². The molecule has 2 atom stereocenters. The minimum Gasteiger partial charge on any atom is -0.387 e. The number of anilines is 1. The second kappa shape index (κ2) is 7.91. The zero-order valence-electron chi connectivity index (χ0n) is 15.8. The third-order valence-corrected chi connectivity index (χ3v) is 5.16. The molecule has 3 heterocycles. The maximum Gasteiger partial charge on any atom is 0.408 e. The molecule has 0 saturated heterocycles. The third-order valence-electron chi connectivity index (χ3n) is 5.16. The first-order chi connectivity index (χ1) is 14.3. The Hall–Kier alpha value is -3.20. The van der Waals surface area contributed by atoms with Crippen molar-refractivity contribution in [2.75, 3.05) is 11.4 Å². The lowest BCUT2D eigenvalue weighted by atomic mass is 10.1. The molecule has 2 aromatic heterocycles. The van der Waals surface area contributed by atoms with Crippen LogP contribution in [-0.4, -0.2) is 38.4 Å². The summed E-state index contributed by atoms with van der Waals surface area (Å²) >= 11 is 0. The average Bonchev–Trinajstić information content (AvgIpc) is 2.74. The number of β-amino-alcohol motifs (C(OH)–C–C–N with tert-alkyl or cyclic N) is 1. The van der Waals surface area contributed by atoms with Gasteiger partial charge in [-0.25, -0.2) is 4.98 Å². The topological polar surface area (TPSA) is 71.2 Å². The van der Waals surface area contributed by atoms with Gasteiger partial charge in [0, 0.05) is 30.6 Å². The summed E-state index contributed by atoms with van der Waals surface area (Å²) in [7, 11) is 0. The first kappa shape index (κ1) is 20.1. The quantitative estimate of drug-likeness (QED) is 0.708. The van der Waals surface area contributed by atoms with E-state index in [1.807, 2.05) is 0 Å². The minimum absolute atomic E-state index is 0.0973. The molecule has 6 nitrogen and oxygen atoms in total. The normalized spacial score (nSPS) is 17.5. The van der Waals surface area contributed by atoms with Crippen molar-refractivity contribution in [1.29, 1.82) is 0 Å². The van der Waals surface area contributed by atoms with Crippen LogP contribution in [0.4, 0.5) is 19.1 Å². The van der Waals surface area contributed by atoms with Crippen molar-refractivity contribution < 1.29 is 18.3 Å². The second-order valence-corrected chi connectivity index (χ2v) is 7.09. The molecule has 0 bridgehead atoms. The summed E-state index contributed by atoms with van der Waals surface area (Å²) in [6.07, 6.45) is -2.98. The molecule has 0 saturated carbocycles. The summed E-state index contributed by atoms with van der Waals surface area (Å²) in [5.41, 5.74) is 0.883. The molecule has 30 heavy (non-hydrogen) atoms. The molecule has 0 aliphatic carbocycles. The highest BCUT2D eigenvalue weighted by Gasteiger charge is 2.47. The van der Waals surface area contributed by atoms with Crippen LogP contribution in [0, 0.1) is 0 Å². The van der Waals surface area contributed by atoms with Crippen LogP contribution < -0.4 is 10.5 Å². The van der Waals surface area contributed by atoms with E-state index < -0.39 is 23.9 Å². The predicted octanol–water partition coefficient (Wildman–Crippen LogP) is 3.18. The first-order valence-electron chi connectivity index (χ1n) is 9.43. The number of aliphatic hydroxyl groups is 1. The van der Waals surface area contributed by atoms with Crippen LogP contribution in [0.5, 0.6) is 0 Å². The Morgan fingerprint density at radius 2 is 1.83 bits per heavy atom. The maximum absolute atomic E-state index is 13.8. The number of halogens is 3. The van der Waals surface area contributed by atoms with Crippen molar-refractivity contribution in [2.45, 2.75) is 31.3 Å². The van der Waals surface area contributed by atoms with Crippen LogP contribution >= 0.6 is 0 Å². The van der Waals surface area contributed by atoms with Crippen molar-refractivity contribution in [3.05, 3.63) is 76.8 Å². The summed E-state index contributed by atoms with van der Waals surface area (Å²) in [4.78, 5) is 21.9. The Morgan fingerprint density at radius 3 is 2.50 bits per heavy atom. The highest BCUT2D eigenvalue weighted by molar-refractivity contribution is 5.60. The van der Waals surface area contributed by atoms with Crippen molar-refractivity contribution in [2.24, 2.45) is 0 Å². The molecule has 0 radical (unpaired) electrons. The molecule has 1 aliphatic heterocycles. The number of benzene rings is 1. The molecule has 1 aliphatic rings. The fraction of sp³-hybridized carbons (Fsp3) is 0.286. The van der Waals surface area contributed by atoms with Gasteiger partial charge in [-0.1, -0.05) is 30.3 Å². The van der Waals surface area contributed by atoms with Gasteiger partial charge in [-0.3, -0.25) is 14.3 Å². The fourth-order valence-corrected chi connectivity index (χ4v) is 3.66. The standard InChI is InChI=1S/C21H19F3N4O2/c22-21(23,24)18-8-11-27-19(30)12-16(14-6-9-25-10-7-14)26-20(27)28(18)13-17(29)15-4-2-1-3-5-15/h1-7,9-10,12,17-18,29H,8,11,13H2/t17-,18?/m1/s1. The Morgan fingerprint density at radius 1 is 1.13 bits per heavy atom. The number of alkyl halides is 3. The molecule has 0 amide bonds. The van der Waals surface area contributed by atoms with Gasteiger partial charge in [-0.2, -0.15) is 13.2 Å². The number of pyridine rings is 1. The molecule has 156 valence electrons. The number of nitrogens with zero attached hydrogens (tertiary/aromatic N) is 4. The number of hydrogen-bond donors (Lipinski definition) is 1. The number of aromatic nitrogens is 3. The first-order valence-corrected chi connectivity index (χ1v) is 9.43. The highest BCUT2D eigenvalue weighted by Crippen LogP contribution is 2.35. The lowest BCUT2D eigenvalue weighted by molar-refractivity contribution is -0.153. The minimum atomic E-state index is -4.54. The summed E-state index contributed by atoms with van der Waals surface area (Å²) in [6, 6.07) is 11.2. The molecular weight excluding hydrogens is 397 g/mol. The molecule has 1 aromatic carbocycles. The SMILES string of the molecule is O=c1cc(-c2ccncc2)nc2n1CCC(C(F)(F)F)N2C[C@@H](O)c1ccccc1. The predicted molar refractivity (Wildman–Crippen MR) is 105 cm³/mol. The Labute approximate surface area is 170 Å². The maximum atomic E-state index is 13.8. The van der Waals surface area contributed by atoms with Gasteiger partial charge in [0.05, 0.1) is 18.3 Å². The van der Waals surface area contributed by atoms with E-state index in [0.717, 1.165) is 4.90 Å². The number of aliphatic hydroxyl groups excluding tert-OH is 1. The molecule has 3 aromatic rings. The Balaban J connectivity index is 1.79. The van der Waals surface area contributed by atoms with E-state index in [1.165, 1.54) is 23.0 Å². The van der Waals surface area contributed by atoms with Gasteiger partial charge >= 0.3 is 6.18 Å². The van der Waals surface area contributed by atoms with E-state index in [1.54, 1.807) is 42.5 Å². The van der Waals surface area contributed by atoms with E-state index in [-0.39, 0.29) is 31.2 Å². The van der Waals surface area contributed by atoms with Gasteiger partial charge in [0.25, 0.3) is 5.56 Å². The monoisotopic (exact) mass is 416 g/mol. The van der Waals surface area contributed by atoms with Gasteiger partial charge in [0.2, 0.25) is 5.95 Å². The van der Waals surface area contributed by atoms with Crippen LogP contribution in [0.3, 0.4) is 0 Å². The van der Waals surface area contributed by atoms with Crippen molar-refractivity contribution in [3.8, 4) is 11.3 Å². The van der Waals surface area contributed by atoms with Gasteiger partial charge in [-0.05, 0) is 24.1 Å². The molecule has 1 unspecified atom stereocenters. The Kier molecular flexibility index (Phi) is 5.29. The highest BCUT2D eigenvalue weighted by atomic mass is 19.4. The van der Waals surface area contributed by atoms with Crippen LogP contribution in [0.1, 0.15) is 18.1 Å². The average molecular weight is 416 g/mol. The summed E-state index contributed by atoms with van der Waals surface area (Å²) < 4.78 is 42.7. The van der Waals surface area contributed by atoms with Crippen LogP contribution in [0.2, 0.25) is 0 Å². The summed E-state index contributed by atoms with van der Waals surface area (Å²) in [6.45, 7) is -0.444. The van der Waals surface area contributed by atoms with Crippen LogP contribution in [0.25, 0.3) is 11.3 Å². The van der Waals surface area contributed by atoms with Crippen LogP contribution in [0.15, 0.2) is 65.7 Å². The van der Waals surface area contributed by atoms with Crippen LogP contribution in [-0.2, 0) is 6.54 Å². The fourth-order valence-electron chi connectivity index (χ4n) is 3.66.